The van der Waals surface area contributed by atoms with Crippen molar-refractivity contribution in [2.45, 2.75) is 0 Å². The maximum Gasteiger partial charge on any atom is 0.0434 e. The fourth-order valence-corrected chi connectivity index (χ4v) is 3.59. The molecule has 1 heteroatoms. The molecular weight excluding hydrogens is 224 g/mol. The zero-order valence-corrected chi connectivity index (χ0v) is 9.92. The number of thiophene rings is 1. The Morgan fingerprint density at radius 2 is 1.53 bits per heavy atom. The Morgan fingerprint density at radius 3 is 2.47 bits per heavy atom. The Bertz CT molecular complexity index is 840. The van der Waals surface area contributed by atoms with Crippen molar-refractivity contribution in [3.05, 3.63) is 60.7 Å². The highest BCUT2D eigenvalue weighted by Gasteiger charge is 2.06. The Labute approximate surface area is 103 Å². The Balaban J connectivity index is 2.34. The van der Waals surface area contributed by atoms with Crippen LogP contribution in [0.25, 0.3) is 30.9 Å². The highest BCUT2D eigenvalue weighted by atomic mass is 32.1. The molecule has 1 aromatic heterocycles. The first-order valence-corrected chi connectivity index (χ1v) is 6.46. The molecule has 0 unspecified atom stereocenters. The van der Waals surface area contributed by atoms with Crippen LogP contribution in [0.5, 0.6) is 0 Å². The van der Waals surface area contributed by atoms with Crippen molar-refractivity contribution >= 4 is 42.3 Å². The summed E-state index contributed by atoms with van der Waals surface area (Å²) in [6.45, 7) is 0. The number of hydrogen-bond donors (Lipinski definition) is 0. The Morgan fingerprint density at radius 1 is 0.765 bits per heavy atom. The maximum atomic E-state index is 3.38. The molecule has 0 aliphatic carbocycles. The molecular formula is C16H9S. The molecule has 0 aliphatic heterocycles. The topological polar surface area (TPSA) is 0 Å². The van der Waals surface area contributed by atoms with Crippen molar-refractivity contribution in [2.75, 3.05) is 0 Å². The van der Waals surface area contributed by atoms with Crippen molar-refractivity contribution in [1.29, 1.82) is 0 Å². The van der Waals surface area contributed by atoms with Gasteiger partial charge in [-0.2, -0.15) is 0 Å². The fourth-order valence-electron chi connectivity index (χ4n) is 2.37. The molecule has 0 saturated carbocycles. The molecule has 1 heterocycles. The summed E-state index contributed by atoms with van der Waals surface area (Å²) >= 11 is 1.87. The lowest BCUT2D eigenvalue weighted by Gasteiger charge is -1.97. The van der Waals surface area contributed by atoms with Crippen LogP contribution in [0.15, 0.2) is 54.6 Å². The van der Waals surface area contributed by atoms with E-state index in [1.54, 1.807) is 0 Å². The van der Waals surface area contributed by atoms with Crippen molar-refractivity contribution in [3.8, 4) is 0 Å². The minimum absolute atomic E-state index is 1.20. The molecule has 0 N–H and O–H groups in total. The van der Waals surface area contributed by atoms with Crippen LogP contribution in [0, 0.1) is 6.07 Å². The second kappa shape index (κ2) is 3.31. The van der Waals surface area contributed by atoms with Crippen molar-refractivity contribution in [3.63, 3.8) is 0 Å². The average molecular weight is 233 g/mol. The van der Waals surface area contributed by atoms with Gasteiger partial charge in [0.2, 0.25) is 0 Å². The van der Waals surface area contributed by atoms with Crippen LogP contribution in [-0.4, -0.2) is 0 Å². The molecule has 0 aliphatic rings. The van der Waals surface area contributed by atoms with E-state index in [4.69, 9.17) is 0 Å². The van der Waals surface area contributed by atoms with Crippen LogP contribution >= 0.6 is 11.3 Å². The molecule has 4 rings (SSSR count). The van der Waals surface area contributed by atoms with E-state index in [-0.39, 0.29) is 0 Å². The van der Waals surface area contributed by atoms with Gasteiger partial charge in [-0.15, -0.1) is 11.3 Å². The van der Waals surface area contributed by atoms with E-state index in [2.05, 4.69) is 60.7 Å². The zero-order chi connectivity index (χ0) is 11.2. The second-order valence-corrected chi connectivity index (χ2v) is 5.23. The lowest BCUT2D eigenvalue weighted by Crippen LogP contribution is -1.72. The summed E-state index contributed by atoms with van der Waals surface area (Å²) in [5, 5.41) is 5.18. The van der Waals surface area contributed by atoms with Gasteiger partial charge in [0, 0.05) is 25.6 Å². The predicted molar refractivity (Wildman–Crippen MR) is 75.7 cm³/mol. The summed E-state index contributed by atoms with van der Waals surface area (Å²) in [5.41, 5.74) is 0. The molecule has 3 aromatic carbocycles. The highest BCUT2D eigenvalue weighted by Crippen LogP contribution is 2.37. The van der Waals surface area contributed by atoms with E-state index < -0.39 is 0 Å². The first kappa shape index (κ1) is 9.20. The van der Waals surface area contributed by atoms with Gasteiger partial charge < -0.3 is 0 Å². The standard InChI is InChI=1S/C16H9S/c1-2-6-12-11(5-1)9-10-14-13-7-3-4-8-15(13)17-16(12)14/h1-8,10H. The van der Waals surface area contributed by atoms with E-state index in [9.17, 15) is 0 Å². The monoisotopic (exact) mass is 233 g/mol. The van der Waals surface area contributed by atoms with Crippen LogP contribution < -0.4 is 0 Å². The van der Waals surface area contributed by atoms with Crippen molar-refractivity contribution in [2.24, 2.45) is 0 Å². The summed E-state index contributed by atoms with van der Waals surface area (Å²) in [4.78, 5) is 0. The Kier molecular flexibility index (Phi) is 1.79. The second-order valence-electron chi connectivity index (χ2n) is 4.18. The number of hydrogen-bond acceptors (Lipinski definition) is 1. The zero-order valence-electron chi connectivity index (χ0n) is 9.10. The van der Waals surface area contributed by atoms with E-state index in [0.29, 0.717) is 0 Å². The third-order valence-electron chi connectivity index (χ3n) is 3.18. The molecule has 4 aromatic rings. The van der Waals surface area contributed by atoms with E-state index in [1.165, 1.54) is 30.9 Å². The summed E-state index contributed by atoms with van der Waals surface area (Å²) in [6, 6.07) is 22.6. The van der Waals surface area contributed by atoms with E-state index in [0.717, 1.165) is 0 Å². The van der Waals surface area contributed by atoms with Gasteiger partial charge in [0.1, 0.15) is 0 Å². The summed E-state index contributed by atoms with van der Waals surface area (Å²) in [6.07, 6.45) is 0. The quantitative estimate of drug-likeness (QED) is 0.400. The largest absolute Gasteiger partial charge is 0.135 e. The normalized spacial score (nSPS) is 11.5. The molecule has 1 radical (unpaired) electrons. The summed E-state index contributed by atoms with van der Waals surface area (Å²) in [7, 11) is 0. The molecule has 0 saturated heterocycles. The smallest absolute Gasteiger partial charge is 0.0434 e. The van der Waals surface area contributed by atoms with Gasteiger partial charge in [-0.05, 0) is 23.6 Å². The lowest BCUT2D eigenvalue weighted by atomic mass is 10.1. The molecule has 0 amide bonds. The summed E-state index contributed by atoms with van der Waals surface area (Å²) in [5.74, 6) is 0. The Hall–Kier alpha value is -1.86. The van der Waals surface area contributed by atoms with Gasteiger partial charge >= 0.3 is 0 Å². The summed E-state index contributed by atoms with van der Waals surface area (Å²) < 4.78 is 2.73. The lowest BCUT2D eigenvalue weighted by molar-refractivity contribution is 1.81. The van der Waals surface area contributed by atoms with Gasteiger partial charge in [0.05, 0.1) is 0 Å². The number of benzene rings is 3. The molecule has 0 bridgehead atoms. The van der Waals surface area contributed by atoms with Crippen molar-refractivity contribution in [1.82, 2.24) is 0 Å². The van der Waals surface area contributed by atoms with Gasteiger partial charge in [-0.1, -0.05) is 42.5 Å². The van der Waals surface area contributed by atoms with Crippen LogP contribution in [0.2, 0.25) is 0 Å². The maximum absolute atomic E-state index is 3.38. The third-order valence-corrected chi connectivity index (χ3v) is 4.40. The van der Waals surface area contributed by atoms with E-state index >= 15 is 0 Å². The third kappa shape index (κ3) is 1.23. The highest BCUT2D eigenvalue weighted by molar-refractivity contribution is 7.26. The van der Waals surface area contributed by atoms with Gasteiger partial charge in [-0.25, -0.2) is 0 Å². The van der Waals surface area contributed by atoms with Gasteiger partial charge in [-0.3, -0.25) is 0 Å². The van der Waals surface area contributed by atoms with Gasteiger partial charge in [0.15, 0.2) is 0 Å². The molecule has 0 fully saturated rings. The first-order chi connectivity index (χ1) is 8.43. The molecule has 0 nitrogen and oxygen atoms in total. The fraction of sp³-hybridized carbons (Fsp3) is 0. The minimum atomic E-state index is 1.20. The van der Waals surface area contributed by atoms with Gasteiger partial charge in [0.25, 0.3) is 0 Å². The first-order valence-electron chi connectivity index (χ1n) is 5.64. The van der Waals surface area contributed by atoms with Crippen LogP contribution in [0.4, 0.5) is 0 Å². The average Bonchev–Trinajstić information content (AvgIpc) is 2.78. The number of fused-ring (bicyclic) bond motifs is 5. The minimum Gasteiger partial charge on any atom is -0.135 e. The van der Waals surface area contributed by atoms with Crippen LogP contribution in [0.1, 0.15) is 0 Å². The molecule has 0 spiro atoms. The van der Waals surface area contributed by atoms with Crippen molar-refractivity contribution < 1.29 is 0 Å². The SMILES string of the molecule is [c]1cc2c3ccccc3sc2c2ccccc12. The predicted octanol–water partition coefficient (Wildman–Crippen LogP) is 5.01. The molecule has 0 atom stereocenters. The van der Waals surface area contributed by atoms with Crippen LogP contribution in [-0.2, 0) is 0 Å². The van der Waals surface area contributed by atoms with E-state index in [1.807, 2.05) is 11.3 Å². The molecule has 79 valence electrons. The van der Waals surface area contributed by atoms with Crippen LogP contribution in [0.3, 0.4) is 0 Å². The number of rotatable bonds is 0. The molecule has 17 heavy (non-hydrogen) atoms.